The lowest BCUT2D eigenvalue weighted by molar-refractivity contribution is -0.118. The molecule has 0 aliphatic carbocycles. The van der Waals surface area contributed by atoms with Crippen molar-refractivity contribution in [3.8, 4) is 0 Å². The predicted octanol–water partition coefficient (Wildman–Crippen LogP) is 0.428. The highest BCUT2D eigenvalue weighted by Crippen LogP contribution is 2.06. The van der Waals surface area contributed by atoms with Gasteiger partial charge in [-0.05, 0) is 19.1 Å². The molecular formula is C13H17N3O2. The Balaban J connectivity index is 1.90. The average Bonchev–Trinajstić information content (AvgIpc) is 2.39. The van der Waals surface area contributed by atoms with Gasteiger partial charge in [-0.1, -0.05) is 6.07 Å². The Kier molecular flexibility index (Phi) is 4.04. The molecule has 0 saturated carbocycles. The number of carbonyl (C=O) groups excluding carboxylic acids is 2. The average molecular weight is 247 g/mol. The molecule has 2 rings (SSSR count). The first-order valence-corrected chi connectivity index (χ1v) is 6.09. The molecule has 1 aliphatic heterocycles. The van der Waals surface area contributed by atoms with Crippen LogP contribution in [0.4, 0.5) is 0 Å². The van der Waals surface area contributed by atoms with Crippen LogP contribution in [-0.4, -0.2) is 59.2 Å². The number of rotatable bonds is 3. The number of ketones is 1. The Bertz CT molecular complexity index is 425. The Labute approximate surface area is 106 Å². The molecule has 0 aromatic carbocycles. The zero-order valence-electron chi connectivity index (χ0n) is 10.5. The fourth-order valence-corrected chi connectivity index (χ4v) is 2.08. The van der Waals surface area contributed by atoms with E-state index in [9.17, 15) is 9.59 Å². The van der Waals surface area contributed by atoms with Gasteiger partial charge in [-0.25, -0.2) is 0 Å². The summed E-state index contributed by atoms with van der Waals surface area (Å²) < 4.78 is 0. The molecule has 0 atom stereocenters. The van der Waals surface area contributed by atoms with Crippen LogP contribution in [0.15, 0.2) is 24.4 Å². The van der Waals surface area contributed by atoms with Gasteiger partial charge in [0.2, 0.25) is 0 Å². The van der Waals surface area contributed by atoms with Gasteiger partial charge in [-0.15, -0.1) is 0 Å². The Morgan fingerprint density at radius 3 is 2.50 bits per heavy atom. The molecule has 1 aliphatic rings. The Morgan fingerprint density at radius 1 is 1.22 bits per heavy atom. The molecule has 5 heteroatoms. The maximum absolute atomic E-state index is 12.1. The van der Waals surface area contributed by atoms with E-state index in [2.05, 4.69) is 9.88 Å². The number of carbonyl (C=O) groups is 2. The number of amides is 1. The molecule has 96 valence electrons. The molecule has 2 heterocycles. The minimum Gasteiger partial charge on any atom is -0.335 e. The summed E-state index contributed by atoms with van der Waals surface area (Å²) in [5, 5.41) is 0. The van der Waals surface area contributed by atoms with Gasteiger partial charge < -0.3 is 4.90 Å². The largest absolute Gasteiger partial charge is 0.335 e. The van der Waals surface area contributed by atoms with E-state index in [1.165, 1.54) is 0 Å². The third-order valence-electron chi connectivity index (χ3n) is 2.99. The van der Waals surface area contributed by atoms with Gasteiger partial charge in [0.25, 0.3) is 5.91 Å². The molecule has 1 amide bonds. The molecule has 1 saturated heterocycles. The van der Waals surface area contributed by atoms with Crippen molar-refractivity contribution in [1.82, 2.24) is 14.8 Å². The first-order valence-electron chi connectivity index (χ1n) is 6.09. The van der Waals surface area contributed by atoms with Gasteiger partial charge in [-0.2, -0.15) is 0 Å². The summed E-state index contributed by atoms with van der Waals surface area (Å²) in [4.78, 5) is 31.1. The highest BCUT2D eigenvalue weighted by molar-refractivity contribution is 5.92. The van der Waals surface area contributed by atoms with Gasteiger partial charge in [0.1, 0.15) is 11.5 Å². The van der Waals surface area contributed by atoms with Crippen molar-refractivity contribution in [3.05, 3.63) is 30.1 Å². The van der Waals surface area contributed by atoms with Crippen LogP contribution in [0.2, 0.25) is 0 Å². The molecule has 0 bridgehead atoms. The highest BCUT2D eigenvalue weighted by atomic mass is 16.2. The van der Waals surface area contributed by atoms with Crippen molar-refractivity contribution >= 4 is 11.7 Å². The quantitative estimate of drug-likeness (QED) is 0.777. The molecule has 0 N–H and O–H groups in total. The van der Waals surface area contributed by atoms with E-state index < -0.39 is 0 Å². The van der Waals surface area contributed by atoms with Crippen LogP contribution >= 0.6 is 0 Å². The third kappa shape index (κ3) is 3.13. The van der Waals surface area contributed by atoms with Crippen LogP contribution in [0.25, 0.3) is 0 Å². The summed E-state index contributed by atoms with van der Waals surface area (Å²) in [6, 6.07) is 5.33. The van der Waals surface area contributed by atoms with E-state index in [-0.39, 0.29) is 11.7 Å². The molecule has 18 heavy (non-hydrogen) atoms. The van der Waals surface area contributed by atoms with E-state index in [4.69, 9.17) is 0 Å². The second-order valence-electron chi connectivity index (χ2n) is 4.49. The van der Waals surface area contributed by atoms with Gasteiger partial charge in [-0.3, -0.25) is 19.5 Å². The van der Waals surface area contributed by atoms with Crippen LogP contribution in [0.1, 0.15) is 17.4 Å². The zero-order chi connectivity index (χ0) is 13.0. The summed E-state index contributed by atoms with van der Waals surface area (Å²) in [7, 11) is 0. The summed E-state index contributed by atoms with van der Waals surface area (Å²) in [5.41, 5.74) is 0.484. The number of nitrogens with zero attached hydrogens (tertiary/aromatic N) is 3. The lowest BCUT2D eigenvalue weighted by Gasteiger charge is -2.33. The van der Waals surface area contributed by atoms with Gasteiger partial charge in [0.15, 0.2) is 0 Å². The normalized spacial score (nSPS) is 16.6. The van der Waals surface area contributed by atoms with Gasteiger partial charge >= 0.3 is 0 Å². The van der Waals surface area contributed by atoms with Crippen molar-refractivity contribution in [2.75, 3.05) is 32.7 Å². The van der Waals surface area contributed by atoms with E-state index >= 15 is 0 Å². The monoisotopic (exact) mass is 247 g/mol. The number of hydrogen-bond donors (Lipinski definition) is 0. The number of aromatic nitrogens is 1. The standard InChI is InChI=1S/C13H17N3O2/c1-11(17)10-15-6-8-16(9-7-15)13(18)12-4-2-3-5-14-12/h2-5H,6-10H2,1H3. The maximum atomic E-state index is 12.1. The third-order valence-corrected chi connectivity index (χ3v) is 2.99. The van der Waals surface area contributed by atoms with Crippen molar-refractivity contribution < 1.29 is 9.59 Å². The lowest BCUT2D eigenvalue weighted by Crippen LogP contribution is -2.49. The molecule has 0 radical (unpaired) electrons. The van der Waals surface area contributed by atoms with Crippen molar-refractivity contribution in [2.45, 2.75) is 6.92 Å². The van der Waals surface area contributed by atoms with Crippen LogP contribution in [0, 0.1) is 0 Å². The molecule has 1 aromatic rings. The second kappa shape index (κ2) is 5.73. The predicted molar refractivity (Wildman–Crippen MR) is 67.3 cm³/mol. The number of hydrogen-bond acceptors (Lipinski definition) is 4. The van der Waals surface area contributed by atoms with E-state index in [1.807, 2.05) is 6.07 Å². The topological polar surface area (TPSA) is 53.5 Å². The molecule has 1 aromatic heterocycles. The number of piperazine rings is 1. The van der Waals surface area contributed by atoms with E-state index in [0.717, 1.165) is 13.1 Å². The van der Waals surface area contributed by atoms with Crippen LogP contribution < -0.4 is 0 Å². The van der Waals surface area contributed by atoms with E-state index in [0.29, 0.717) is 25.3 Å². The Hall–Kier alpha value is -1.75. The summed E-state index contributed by atoms with van der Waals surface area (Å²) in [5.74, 6) is 0.137. The number of pyridine rings is 1. The smallest absolute Gasteiger partial charge is 0.272 e. The highest BCUT2D eigenvalue weighted by Gasteiger charge is 2.22. The van der Waals surface area contributed by atoms with Gasteiger partial charge in [0.05, 0.1) is 6.54 Å². The Morgan fingerprint density at radius 2 is 1.94 bits per heavy atom. The summed E-state index contributed by atoms with van der Waals surface area (Å²) in [6.07, 6.45) is 1.62. The van der Waals surface area contributed by atoms with Gasteiger partial charge in [0, 0.05) is 32.4 Å². The first kappa shape index (κ1) is 12.7. The molecule has 0 spiro atoms. The van der Waals surface area contributed by atoms with E-state index in [1.54, 1.807) is 30.2 Å². The lowest BCUT2D eigenvalue weighted by atomic mass is 10.2. The SMILES string of the molecule is CC(=O)CN1CCN(C(=O)c2ccccn2)CC1. The fourth-order valence-electron chi connectivity index (χ4n) is 2.08. The maximum Gasteiger partial charge on any atom is 0.272 e. The number of Topliss-reactive ketones (excluding diaryl/α,β-unsaturated/α-hetero) is 1. The van der Waals surface area contributed by atoms with Crippen LogP contribution in [-0.2, 0) is 4.79 Å². The summed E-state index contributed by atoms with van der Waals surface area (Å²) >= 11 is 0. The van der Waals surface area contributed by atoms with Crippen molar-refractivity contribution in [2.24, 2.45) is 0 Å². The minimum atomic E-state index is -0.0296. The molecule has 5 nitrogen and oxygen atoms in total. The molecule has 0 unspecified atom stereocenters. The minimum absolute atomic E-state index is 0.0296. The molecule has 1 fully saturated rings. The van der Waals surface area contributed by atoms with Crippen molar-refractivity contribution in [3.63, 3.8) is 0 Å². The van der Waals surface area contributed by atoms with Crippen LogP contribution in [0.3, 0.4) is 0 Å². The zero-order valence-corrected chi connectivity index (χ0v) is 10.5. The van der Waals surface area contributed by atoms with Crippen LogP contribution in [0.5, 0.6) is 0 Å². The second-order valence-corrected chi connectivity index (χ2v) is 4.49. The first-order chi connectivity index (χ1) is 8.66. The summed E-state index contributed by atoms with van der Waals surface area (Å²) in [6.45, 7) is 4.87. The molecular weight excluding hydrogens is 230 g/mol. The fraction of sp³-hybridized carbons (Fsp3) is 0.462. The van der Waals surface area contributed by atoms with Crippen molar-refractivity contribution in [1.29, 1.82) is 0 Å².